The molecule has 0 fully saturated rings. The first kappa shape index (κ1) is 9.32. The molecule has 0 aromatic carbocycles. The lowest BCUT2D eigenvalue weighted by molar-refractivity contribution is 0.0967. The molecule has 0 bridgehead atoms. The minimum absolute atomic E-state index is 0.226. The zero-order valence-electron chi connectivity index (χ0n) is 7.48. The molecule has 76 valence electrons. The Bertz CT molecular complexity index is 510. The van der Waals surface area contributed by atoms with Crippen molar-refractivity contribution in [1.29, 1.82) is 0 Å². The lowest BCUT2D eigenvalue weighted by atomic mass is 10.3. The number of amides is 1. The van der Waals surface area contributed by atoms with Gasteiger partial charge in [-0.2, -0.15) is 0 Å². The number of carbonyl (C=O) groups is 1. The summed E-state index contributed by atoms with van der Waals surface area (Å²) in [6.45, 7) is 0. The van der Waals surface area contributed by atoms with Crippen molar-refractivity contribution in [3.8, 4) is 11.4 Å². The molecule has 0 atom stereocenters. The molecule has 15 heavy (non-hydrogen) atoms. The van der Waals surface area contributed by atoms with E-state index >= 15 is 0 Å². The zero-order chi connectivity index (χ0) is 10.8. The Hall–Kier alpha value is -2.24. The molecule has 0 saturated carbocycles. The van der Waals surface area contributed by atoms with Crippen LogP contribution in [0.1, 0.15) is 10.7 Å². The SMILES string of the molecule is NC(=O)c1nc(-c2cc(F)ccn2)co1. The lowest BCUT2D eigenvalue weighted by Gasteiger charge is -1.93. The van der Waals surface area contributed by atoms with Crippen molar-refractivity contribution in [2.24, 2.45) is 5.73 Å². The molecular formula is C9H6FN3O2. The smallest absolute Gasteiger partial charge is 0.304 e. The fraction of sp³-hybridized carbons (Fsp3) is 0. The summed E-state index contributed by atoms with van der Waals surface area (Å²) in [4.78, 5) is 18.3. The van der Waals surface area contributed by atoms with Crippen LogP contribution in [0.2, 0.25) is 0 Å². The minimum Gasteiger partial charge on any atom is -0.440 e. The predicted octanol–water partition coefficient (Wildman–Crippen LogP) is 0.975. The fourth-order valence-corrected chi connectivity index (χ4v) is 1.05. The Morgan fingerprint density at radius 2 is 2.27 bits per heavy atom. The van der Waals surface area contributed by atoms with Gasteiger partial charge in [0.05, 0.1) is 5.69 Å². The highest BCUT2D eigenvalue weighted by atomic mass is 19.1. The van der Waals surface area contributed by atoms with Crippen LogP contribution in [0.15, 0.2) is 29.0 Å². The van der Waals surface area contributed by atoms with Crippen molar-refractivity contribution >= 4 is 5.91 Å². The van der Waals surface area contributed by atoms with Crippen molar-refractivity contribution < 1.29 is 13.6 Å². The summed E-state index contributed by atoms with van der Waals surface area (Å²) in [6.07, 6.45) is 2.49. The molecular weight excluding hydrogens is 201 g/mol. The normalized spacial score (nSPS) is 10.2. The molecule has 0 aliphatic heterocycles. The van der Waals surface area contributed by atoms with Gasteiger partial charge in [-0.3, -0.25) is 9.78 Å². The van der Waals surface area contributed by atoms with Crippen molar-refractivity contribution in [3.05, 3.63) is 36.3 Å². The highest BCUT2D eigenvalue weighted by Crippen LogP contribution is 2.16. The van der Waals surface area contributed by atoms with Crippen LogP contribution in [0.25, 0.3) is 11.4 Å². The number of nitrogens with two attached hydrogens (primary N) is 1. The first-order valence-corrected chi connectivity index (χ1v) is 4.04. The third-order valence-corrected chi connectivity index (χ3v) is 1.70. The summed E-state index contributed by atoms with van der Waals surface area (Å²) in [6, 6.07) is 2.39. The van der Waals surface area contributed by atoms with E-state index in [1.54, 1.807) is 0 Å². The molecule has 0 unspecified atom stereocenters. The number of pyridine rings is 1. The molecule has 0 spiro atoms. The first-order chi connectivity index (χ1) is 7.16. The fourth-order valence-electron chi connectivity index (χ4n) is 1.05. The molecule has 5 nitrogen and oxygen atoms in total. The van der Waals surface area contributed by atoms with Crippen molar-refractivity contribution in [2.45, 2.75) is 0 Å². The molecule has 6 heteroatoms. The number of rotatable bonds is 2. The third kappa shape index (κ3) is 1.83. The standard InChI is InChI=1S/C9H6FN3O2/c10-5-1-2-12-6(3-5)7-4-15-9(13-7)8(11)14/h1-4H,(H2,11,14). The highest BCUT2D eigenvalue weighted by Gasteiger charge is 2.11. The maximum Gasteiger partial charge on any atom is 0.304 e. The van der Waals surface area contributed by atoms with Gasteiger partial charge in [-0.05, 0) is 6.07 Å². The molecule has 1 amide bonds. The molecule has 2 heterocycles. The van der Waals surface area contributed by atoms with E-state index in [1.807, 2.05) is 0 Å². The predicted molar refractivity (Wildman–Crippen MR) is 48.2 cm³/mol. The van der Waals surface area contributed by atoms with E-state index in [9.17, 15) is 9.18 Å². The number of hydrogen-bond acceptors (Lipinski definition) is 4. The quantitative estimate of drug-likeness (QED) is 0.795. The van der Waals surface area contributed by atoms with Gasteiger partial charge in [-0.25, -0.2) is 9.37 Å². The summed E-state index contributed by atoms with van der Waals surface area (Å²) < 4.78 is 17.6. The van der Waals surface area contributed by atoms with Gasteiger partial charge in [0.15, 0.2) is 0 Å². The average molecular weight is 207 g/mol. The van der Waals surface area contributed by atoms with Crippen LogP contribution in [0.4, 0.5) is 4.39 Å². The number of nitrogens with zero attached hydrogens (tertiary/aromatic N) is 2. The van der Waals surface area contributed by atoms with Crippen LogP contribution in [-0.4, -0.2) is 15.9 Å². The van der Waals surface area contributed by atoms with Crippen LogP contribution < -0.4 is 5.73 Å². The van der Waals surface area contributed by atoms with Crippen molar-refractivity contribution in [1.82, 2.24) is 9.97 Å². The number of halogens is 1. The summed E-state index contributed by atoms with van der Waals surface area (Å²) in [5.74, 6) is -1.45. The number of oxazole rings is 1. The zero-order valence-corrected chi connectivity index (χ0v) is 7.48. The minimum atomic E-state index is -0.780. The van der Waals surface area contributed by atoms with Gasteiger partial charge < -0.3 is 10.2 Å². The van der Waals surface area contributed by atoms with Crippen LogP contribution in [-0.2, 0) is 0 Å². The molecule has 0 radical (unpaired) electrons. The second-order valence-corrected chi connectivity index (χ2v) is 2.76. The second kappa shape index (κ2) is 3.49. The summed E-state index contributed by atoms with van der Waals surface area (Å²) in [5.41, 5.74) is 5.50. The van der Waals surface area contributed by atoms with Crippen molar-refractivity contribution in [3.63, 3.8) is 0 Å². The van der Waals surface area contributed by atoms with E-state index in [1.165, 1.54) is 24.6 Å². The number of primary amides is 1. The molecule has 0 saturated heterocycles. The van der Waals surface area contributed by atoms with E-state index in [-0.39, 0.29) is 17.3 Å². The Morgan fingerprint density at radius 3 is 2.87 bits per heavy atom. The van der Waals surface area contributed by atoms with E-state index in [2.05, 4.69) is 9.97 Å². The van der Waals surface area contributed by atoms with Gasteiger partial charge in [0.1, 0.15) is 17.8 Å². The van der Waals surface area contributed by atoms with Crippen LogP contribution in [0.5, 0.6) is 0 Å². The highest BCUT2D eigenvalue weighted by molar-refractivity contribution is 5.88. The van der Waals surface area contributed by atoms with E-state index in [0.717, 1.165) is 0 Å². The maximum absolute atomic E-state index is 12.8. The van der Waals surface area contributed by atoms with Crippen molar-refractivity contribution in [2.75, 3.05) is 0 Å². The topological polar surface area (TPSA) is 82.0 Å². The Morgan fingerprint density at radius 1 is 1.47 bits per heavy atom. The Kier molecular flexibility index (Phi) is 2.17. The first-order valence-electron chi connectivity index (χ1n) is 4.04. The van der Waals surface area contributed by atoms with E-state index < -0.39 is 11.7 Å². The summed E-state index contributed by atoms with van der Waals surface area (Å²) in [7, 11) is 0. The van der Waals surface area contributed by atoms with Gasteiger partial charge >= 0.3 is 5.91 Å². The third-order valence-electron chi connectivity index (χ3n) is 1.70. The molecule has 0 aliphatic rings. The van der Waals surface area contributed by atoms with Gasteiger partial charge in [0, 0.05) is 12.3 Å². The molecule has 2 N–H and O–H groups in total. The van der Waals surface area contributed by atoms with Gasteiger partial charge in [-0.15, -0.1) is 0 Å². The Balaban J connectivity index is 2.41. The summed E-state index contributed by atoms with van der Waals surface area (Å²) in [5, 5.41) is 0. The molecule has 2 aromatic heterocycles. The molecule has 0 aliphatic carbocycles. The number of hydrogen-bond donors (Lipinski definition) is 1. The maximum atomic E-state index is 12.8. The largest absolute Gasteiger partial charge is 0.440 e. The van der Waals surface area contributed by atoms with Gasteiger partial charge in [0.25, 0.3) is 5.89 Å². The van der Waals surface area contributed by atoms with Crippen LogP contribution in [0, 0.1) is 5.82 Å². The van der Waals surface area contributed by atoms with E-state index in [0.29, 0.717) is 0 Å². The van der Waals surface area contributed by atoms with Crippen LogP contribution in [0.3, 0.4) is 0 Å². The van der Waals surface area contributed by atoms with Crippen LogP contribution >= 0.6 is 0 Å². The number of aromatic nitrogens is 2. The van der Waals surface area contributed by atoms with Gasteiger partial charge in [0.2, 0.25) is 0 Å². The Labute approximate surface area is 83.8 Å². The van der Waals surface area contributed by atoms with E-state index in [4.69, 9.17) is 10.2 Å². The lowest BCUT2D eigenvalue weighted by Crippen LogP contribution is -2.11. The second-order valence-electron chi connectivity index (χ2n) is 2.76. The monoisotopic (exact) mass is 207 g/mol. The van der Waals surface area contributed by atoms with Gasteiger partial charge in [-0.1, -0.05) is 0 Å². The molecule has 2 aromatic rings. The summed E-state index contributed by atoms with van der Waals surface area (Å²) >= 11 is 0. The molecule has 2 rings (SSSR count). The number of carbonyl (C=O) groups excluding carboxylic acids is 1. The average Bonchev–Trinajstić information content (AvgIpc) is 2.66.